The molecule has 1 aliphatic rings. The summed E-state index contributed by atoms with van der Waals surface area (Å²) in [4.78, 5) is 24.4. The monoisotopic (exact) mass is 286 g/mol. The molecule has 1 fully saturated rings. The lowest BCUT2D eigenvalue weighted by molar-refractivity contribution is -0.143. The summed E-state index contributed by atoms with van der Waals surface area (Å²) >= 11 is 0. The summed E-state index contributed by atoms with van der Waals surface area (Å²) in [7, 11) is 0. The van der Waals surface area contributed by atoms with Gasteiger partial charge in [0.15, 0.2) is 0 Å². The van der Waals surface area contributed by atoms with Gasteiger partial charge in [-0.25, -0.2) is 4.79 Å². The number of aliphatic carboxylic acids is 1. The SMILES string of the molecule is O=C(O)C1CCCN(C(=O)NCC#Cc2ccccc2)C1. The summed E-state index contributed by atoms with van der Waals surface area (Å²) in [5, 5.41) is 11.7. The van der Waals surface area contributed by atoms with Crippen LogP contribution in [0.2, 0.25) is 0 Å². The molecule has 2 amide bonds. The number of benzene rings is 1. The topological polar surface area (TPSA) is 69.6 Å². The van der Waals surface area contributed by atoms with E-state index in [1.165, 1.54) is 0 Å². The number of carbonyl (C=O) groups is 2. The predicted octanol–water partition coefficient (Wildman–Crippen LogP) is 1.54. The first-order valence-electron chi connectivity index (χ1n) is 6.96. The van der Waals surface area contributed by atoms with Gasteiger partial charge in [0.25, 0.3) is 0 Å². The first kappa shape index (κ1) is 14.9. The Morgan fingerprint density at radius 1 is 1.33 bits per heavy atom. The second-order valence-corrected chi connectivity index (χ2v) is 4.95. The van der Waals surface area contributed by atoms with Crippen molar-refractivity contribution in [1.29, 1.82) is 0 Å². The van der Waals surface area contributed by atoms with Crippen molar-refractivity contribution in [1.82, 2.24) is 10.2 Å². The molecule has 5 nitrogen and oxygen atoms in total. The average Bonchev–Trinajstić information content (AvgIpc) is 2.52. The highest BCUT2D eigenvalue weighted by Gasteiger charge is 2.27. The molecular formula is C16H18N2O3. The van der Waals surface area contributed by atoms with E-state index in [1.54, 1.807) is 4.90 Å². The van der Waals surface area contributed by atoms with Gasteiger partial charge in [0.05, 0.1) is 12.5 Å². The largest absolute Gasteiger partial charge is 0.481 e. The van der Waals surface area contributed by atoms with Crippen molar-refractivity contribution in [3.63, 3.8) is 0 Å². The zero-order chi connectivity index (χ0) is 15.1. The quantitative estimate of drug-likeness (QED) is 0.810. The first-order chi connectivity index (χ1) is 10.2. The Balaban J connectivity index is 1.80. The van der Waals surface area contributed by atoms with E-state index in [1.807, 2.05) is 30.3 Å². The molecule has 2 N–H and O–H groups in total. The highest BCUT2D eigenvalue weighted by Crippen LogP contribution is 2.16. The van der Waals surface area contributed by atoms with Crippen LogP contribution in [0.15, 0.2) is 30.3 Å². The van der Waals surface area contributed by atoms with Crippen molar-refractivity contribution in [3.05, 3.63) is 35.9 Å². The Hall–Kier alpha value is -2.48. The van der Waals surface area contributed by atoms with Crippen LogP contribution in [-0.4, -0.2) is 41.6 Å². The van der Waals surface area contributed by atoms with Gasteiger partial charge in [-0.15, -0.1) is 0 Å². The maximum Gasteiger partial charge on any atom is 0.318 e. The van der Waals surface area contributed by atoms with E-state index >= 15 is 0 Å². The Labute approximate surface area is 124 Å². The smallest absolute Gasteiger partial charge is 0.318 e. The second-order valence-electron chi connectivity index (χ2n) is 4.95. The van der Waals surface area contributed by atoms with Crippen molar-refractivity contribution >= 4 is 12.0 Å². The van der Waals surface area contributed by atoms with Crippen LogP contribution in [0.25, 0.3) is 0 Å². The van der Waals surface area contributed by atoms with Gasteiger partial charge in [-0.3, -0.25) is 4.79 Å². The summed E-state index contributed by atoms with van der Waals surface area (Å²) in [6, 6.07) is 9.28. The summed E-state index contributed by atoms with van der Waals surface area (Å²) < 4.78 is 0. The third-order valence-electron chi connectivity index (χ3n) is 3.39. The molecule has 0 saturated carbocycles. The van der Waals surface area contributed by atoms with Crippen LogP contribution in [0, 0.1) is 17.8 Å². The van der Waals surface area contributed by atoms with E-state index in [4.69, 9.17) is 5.11 Å². The van der Waals surface area contributed by atoms with Gasteiger partial charge in [0.2, 0.25) is 0 Å². The third kappa shape index (κ3) is 4.53. The molecule has 2 rings (SSSR count). The van der Waals surface area contributed by atoms with Gasteiger partial charge in [0.1, 0.15) is 0 Å². The fraction of sp³-hybridized carbons (Fsp3) is 0.375. The van der Waals surface area contributed by atoms with Crippen LogP contribution in [0.3, 0.4) is 0 Å². The van der Waals surface area contributed by atoms with E-state index in [9.17, 15) is 9.59 Å². The fourth-order valence-electron chi connectivity index (χ4n) is 2.26. The van der Waals surface area contributed by atoms with Crippen LogP contribution in [0.4, 0.5) is 4.79 Å². The van der Waals surface area contributed by atoms with E-state index in [-0.39, 0.29) is 19.1 Å². The van der Waals surface area contributed by atoms with Crippen molar-refractivity contribution in [3.8, 4) is 11.8 Å². The molecule has 1 unspecified atom stereocenters. The molecule has 1 aromatic rings. The molecule has 1 heterocycles. The number of hydrogen-bond acceptors (Lipinski definition) is 2. The summed E-state index contributed by atoms with van der Waals surface area (Å²) in [6.07, 6.45) is 1.35. The van der Waals surface area contributed by atoms with Gasteiger partial charge in [-0.05, 0) is 25.0 Å². The zero-order valence-corrected chi connectivity index (χ0v) is 11.7. The van der Waals surface area contributed by atoms with E-state index in [0.29, 0.717) is 13.0 Å². The lowest BCUT2D eigenvalue weighted by Crippen LogP contribution is -2.47. The number of piperidine rings is 1. The third-order valence-corrected chi connectivity index (χ3v) is 3.39. The maximum absolute atomic E-state index is 11.9. The van der Waals surface area contributed by atoms with Crippen LogP contribution in [-0.2, 0) is 4.79 Å². The first-order valence-corrected chi connectivity index (χ1v) is 6.96. The molecule has 1 aromatic carbocycles. The van der Waals surface area contributed by atoms with Crippen LogP contribution >= 0.6 is 0 Å². The van der Waals surface area contributed by atoms with Gasteiger partial charge >= 0.3 is 12.0 Å². The fourth-order valence-corrected chi connectivity index (χ4v) is 2.26. The Bertz CT molecular complexity index is 560. The number of carboxylic acid groups (broad SMARTS) is 1. The molecule has 5 heteroatoms. The van der Waals surface area contributed by atoms with Crippen molar-refractivity contribution in [2.45, 2.75) is 12.8 Å². The van der Waals surface area contributed by atoms with Crippen molar-refractivity contribution in [2.75, 3.05) is 19.6 Å². The molecule has 1 aliphatic heterocycles. The van der Waals surface area contributed by atoms with Gasteiger partial charge < -0.3 is 15.3 Å². The number of nitrogens with zero attached hydrogens (tertiary/aromatic N) is 1. The second kappa shape index (κ2) is 7.34. The van der Waals surface area contributed by atoms with Gasteiger partial charge in [-0.1, -0.05) is 30.0 Å². The lowest BCUT2D eigenvalue weighted by atomic mass is 9.99. The molecule has 1 saturated heterocycles. The van der Waals surface area contributed by atoms with Crippen LogP contribution in [0.5, 0.6) is 0 Å². The van der Waals surface area contributed by atoms with Gasteiger partial charge in [-0.2, -0.15) is 0 Å². The number of hydrogen-bond donors (Lipinski definition) is 2. The minimum atomic E-state index is -0.837. The number of nitrogens with one attached hydrogen (secondary N) is 1. The number of likely N-dealkylation sites (tertiary alicyclic amines) is 1. The molecule has 110 valence electrons. The highest BCUT2D eigenvalue weighted by molar-refractivity contribution is 5.76. The molecule has 0 spiro atoms. The Morgan fingerprint density at radius 3 is 2.81 bits per heavy atom. The summed E-state index contributed by atoms with van der Waals surface area (Å²) in [5.74, 6) is 4.54. The molecule has 0 aliphatic carbocycles. The number of amides is 2. The minimum absolute atomic E-state index is 0.247. The minimum Gasteiger partial charge on any atom is -0.481 e. The number of carboxylic acids is 1. The van der Waals surface area contributed by atoms with E-state index in [2.05, 4.69) is 17.2 Å². The Morgan fingerprint density at radius 2 is 2.10 bits per heavy atom. The van der Waals surface area contributed by atoms with Crippen molar-refractivity contribution < 1.29 is 14.7 Å². The van der Waals surface area contributed by atoms with E-state index < -0.39 is 11.9 Å². The van der Waals surface area contributed by atoms with Crippen molar-refractivity contribution in [2.24, 2.45) is 5.92 Å². The number of carbonyl (C=O) groups excluding carboxylic acids is 1. The predicted molar refractivity (Wildman–Crippen MR) is 78.7 cm³/mol. The molecule has 0 bridgehead atoms. The molecular weight excluding hydrogens is 268 g/mol. The van der Waals surface area contributed by atoms with Gasteiger partial charge in [0, 0.05) is 18.7 Å². The van der Waals surface area contributed by atoms with Crippen LogP contribution in [0.1, 0.15) is 18.4 Å². The molecule has 0 radical (unpaired) electrons. The summed E-state index contributed by atoms with van der Waals surface area (Å²) in [5.41, 5.74) is 0.899. The lowest BCUT2D eigenvalue weighted by Gasteiger charge is -2.30. The summed E-state index contributed by atoms with van der Waals surface area (Å²) in [6.45, 7) is 1.12. The van der Waals surface area contributed by atoms with E-state index in [0.717, 1.165) is 12.0 Å². The molecule has 0 aromatic heterocycles. The Kier molecular flexibility index (Phi) is 5.22. The molecule has 1 atom stereocenters. The average molecular weight is 286 g/mol. The standard InChI is InChI=1S/C16H18N2O3/c19-15(20)14-9-5-11-18(12-14)16(21)17-10-4-8-13-6-2-1-3-7-13/h1-3,6-7,14H,5,9-12H2,(H,17,21)(H,19,20). The molecule has 21 heavy (non-hydrogen) atoms. The normalized spacial score (nSPS) is 17.5. The number of urea groups is 1. The zero-order valence-electron chi connectivity index (χ0n) is 11.7. The number of rotatable bonds is 2. The van der Waals surface area contributed by atoms with Crippen LogP contribution < -0.4 is 5.32 Å². The maximum atomic E-state index is 11.9. The highest BCUT2D eigenvalue weighted by atomic mass is 16.4.